The summed E-state index contributed by atoms with van der Waals surface area (Å²) < 4.78 is 31.6. The first kappa shape index (κ1) is 22.3. The van der Waals surface area contributed by atoms with E-state index in [1.54, 1.807) is 25.1 Å². The molecule has 2 atom stereocenters. The zero-order valence-electron chi connectivity index (χ0n) is 17.0. The summed E-state index contributed by atoms with van der Waals surface area (Å²) in [5, 5.41) is 9.06. The largest absolute Gasteiger partial charge is 0.489 e. The van der Waals surface area contributed by atoms with Crippen molar-refractivity contribution in [2.45, 2.75) is 49.6 Å². The van der Waals surface area contributed by atoms with Crippen LogP contribution in [0.2, 0.25) is 0 Å². The molecule has 0 saturated carbocycles. The molecule has 7 nitrogen and oxygen atoms in total. The maximum absolute atomic E-state index is 12.4. The number of rotatable bonds is 4. The van der Waals surface area contributed by atoms with E-state index in [1.165, 1.54) is 11.6 Å². The predicted molar refractivity (Wildman–Crippen MR) is 114 cm³/mol. The van der Waals surface area contributed by atoms with Gasteiger partial charge in [0.1, 0.15) is 17.9 Å². The summed E-state index contributed by atoms with van der Waals surface area (Å²) >= 11 is 0. The Hall–Kier alpha value is -2.42. The van der Waals surface area contributed by atoms with Gasteiger partial charge in [-0.05, 0) is 55.9 Å². The van der Waals surface area contributed by atoms with Crippen LogP contribution in [0.1, 0.15) is 30.4 Å². The fourth-order valence-electron chi connectivity index (χ4n) is 3.79. The Balaban J connectivity index is 0.000000184. The maximum Gasteiger partial charge on any atom is 0.322 e. The van der Waals surface area contributed by atoms with Crippen LogP contribution >= 0.6 is 0 Å². The Bertz CT molecular complexity index is 993. The van der Waals surface area contributed by atoms with Crippen molar-refractivity contribution in [2.75, 3.05) is 13.1 Å². The zero-order chi connectivity index (χ0) is 21.7. The van der Waals surface area contributed by atoms with Crippen molar-refractivity contribution in [3.8, 4) is 5.75 Å². The molecule has 2 aliphatic heterocycles. The van der Waals surface area contributed by atoms with Gasteiger partial charge >= 0.3 is 5.97 Å². The molecule has 2 aliphatic rings. The Labute approximate surface area is 177 Å². The molecule has 4 rings (SSSR count). The normalized spacial score (nSPS) is 21.1. The highest BCUT2D eigenvalue weighted by molar-refractivity contribution is 7.89. The van der Waals surface area contributed by atoms with Gasteiger partial charge in [-0.2, -0.15) is 4.31 Å². The maximum atomic E-state index is 12.4. The van der Waals surface area contributed by atoms with Gasteiger partial charge in [-0.15, -0.1) is 0 Å². The zero-order valence-corrected chi connectivity index (χ0v) is 17.8. The van der Waals surface area contributed by atoms with Crippen LogP contribution in [-0.4, -0.2) is 49.0 Å². The van der Waals surface area contributed by atoms with Crippen LogP contribution < -0.4 is 10.5 Å². The minimum absolute atomic E-state index is 0.193. The van der Waals surface area contributed by atoms with Crippen LogP contribution in [0, 0.1) is 6.92 Å². The topological polar surface area (TPSA) is 110 Å². The van der Waals surface area contributed by atoms with Crippen molar-refractivity contribution in [3.63, 3.8) is 0 Å². The van der Waals surface area contributed by atoms with E-state index in [-0.39, 0.29) is 17.5 Å². The van der Waals surface area contributed by atoms with E-state index in [4.69, 9.17) is 15.6 Å². The van der Waals surface area contributed by atoms with E-state index in [0.717, 1.165) is 22.9 Å². The molecule has 2 aromatic carbocycles. The molecule has 0 radical (unpaired) electrons. The number of fused-ring (bicyclic) bond motifs is 1. The first-order valence-electron chi connectivity index (χ1n) is 10.1. The number of hydrogen-bond donors (Lipinski definition) is 2. The van der Waals surface area contributed by atoms with Crippen molar-refractivity contribution < 1.29 is 23.1 Å². The van der Waals surface area contributed by atoms with Crippen molar-refractivity contribution in [3.05, 3.63) is 59.7 Å². The minimum atomic E-state index is -3.71. The molecule has 1 fully saturated rings. The molecule has 1 saturated heterocycles. The van der Waals surface area contributed by atoms with E-state index in [1.807, 2.05) is 18.2 Å². The molecule has 0 unspecified atom stereocenters. The second-order valence-corrected chi connectivity index (χ2v) is 9.36. The molecule has 0 aliphatic carbocycles. The van der Waals surface area contributed by atoms with E-state index >= 15 is 0 Å². The van der Waals surface area contributed by atoms with Gasteiger partial charge in [0.05, 0.1) is 4.90 Å². The number of aryl methyl sites for hydroxylation is 2. The number of carbonyl (C=O) groups is 1. The summed E-state index contributed by atoms with van der Waals surface area (Å²) in [6.45, 7) is 2.60. The number of ether oxygens (including phenoxy) is 1. The lowest BCUT2D eigenvalue weighted by Gasteiger charge is -2.24. The highest BCUT2D eigenvalue weighted by Gasteiger charge is 2.39. The third kappa shape index (κ3) is 4.83. The molecule has 30 heavy (non-hydrogen) atoms. The molecule has 3 N–H and O–H groups in total. The number of hydrogen-bond acceptors (Lipinski definition) is 5. The molecular weight excluding hydrogens is 404 g/mol. The van der Waals surface area contributed by atoms with Crippen LogP contribution in [0.25, 0.3) is 0 Å². The molecule has 0 aromatic heterocycles. The van der Waals surface area contributed by atoms with Crippen LogP contribution in [0.4, 0.5) is 0 Å². The van der Waals surface area contributed by atoms with E-state index < -0.39 is 22.0 Å². The predicted octanol–water partition coefficient (Wildman–Crippen LogP) is 2.57. The first-order valence-corrected chi connectivity index (χ1v) is 11.5. The second kappa shape index (κ2) is 9.59. The average Bonchev–Trinajstić information content (AvgIpc) is 3.25. The Morgan fingerprint density at radius 1 is 1.17 bits per heavy atom. The number of carboxylic acids is 1. The first-order chi connectivity index (χ1) is 14.3. The van der Waals surface area contributed by atoms with Gasteiger partial charge < -0.3 is 15.6 Å². The SMILES string of the molecule is Cc1ccccc1S(=O)(=O)N1CCC[C@@H]1C(=O)O.NC[C@@H]1CCc2ccccc2O1. The number of para-hydroxylation sites is 1. The number of nitrogens with zero attached hydrogens (tertiary/aromatic N) is 1. The Morgan fingerprint density at radius 2 is 1.87 bits per heavy atom. The van der Waals surface area contributed by atoms with Gasteiger partial charge in [-0.3, -0.25) is 4.79 Å². The molecule has 0 bridgehead atoms. The fraction of sp³-hybridized carbons (Fsp3) is 0.409. The second-order valence-electron chi connectivity index (χ2n) is 7.50. The lowest BCUT2D eigenvalue weighted by molar-refractivity contribution is -0.140. The van der Waals surface area contributed by atoms with Crippen LogP contribution in [0.15, 0.2) is 53.4 Å². The van der Waals surface area contributed by atoms with Crippen molar-refractivity contribution in [1.29, 1.82) is 0 Å². The summed E-state index contributed by atoms with van der Waals surface area (Å²) in [6.07, 6.45) is 3.33. The molecule has 8 heteroatoms. The lowest BCUT2D eigenvalue weighted by atomic mass is 10.0. The fourth-order valence-corrected chi connectivity index (χ4v) is 5.67. The van der Waals surface area contributed by atoms with Crippen molar-refractivity contribution in [2.24, 2.45) is 5.73 Å². The number of carboxylic acid groups (broad SMARTS) is 1. The average molecular weight is 433 g/mol. The van der Waals surface area contributed by atoms with Gasteiger partial charge in [0.2, 0.25) is 10.0 Å². The van der Waals surface area contributed by atoms with Crippen LogP contribution in [-0.2, 0) is 21.2 Å². The number of aliphatic carboxylic acids is 1. The summed E-state index contributed by atoms with van der Waals surface area (Å²) in [5.41, 5.74) is 7.48. The smallest absolute Gasteiger partial charge is 0.322 e. The molecule has 2 heterocycles. The van der Waals surface area contributed by atoms with Gasteiger partial charge in [0.15, 0.2) is 0 Å². The third-order valence-corrected chi connectivity index (χ3v) is 7.50. The highest BCUT2D eigenvalue weighted by Crippen LogP contribution is 2.28. The standard InChI is InChI=1S/C12H15NO4S.C10H13NO/c1-9-5-2-3-7-11(9)18(16,17)13-8-4-6-10(13)12(14)15;11-7-9-6-5-8-3-1-2-4-10(8)12-9/h2-3,5,7,10H,4,6,8H2,1H3,(H,14,15);1-4,9H,5-7,11H2/t10-;9-/m10/s1. The molecule has 2 aromatic rings. The van der Waals surface area contributed by atoms with E-state index in [0.29, 0.717) is 24.9 Å². The number of benzene rings is 2. The van der Waals surface area contributed by atoms with E-state index in [9.17, 15) is 13.2 Å². The minimum Gasteiger partial charge on any atom is -0.489 e. The Kier molecular flexibility index (Phi) is 7.12. The van der Waals surface area contributed by atoms with Crippen molar-refractivity contribution in [1.82, 2.24) is 4.31 Å². The molecule has 162 valence electrons. The van der Waals surface area contributed by atoms with E-state index in [2.05, 4.69) is 6.07 Å². The Morgan fingerprint density at radius 3 is 2.57 bits per heavy atom. The molecule has 0 amide bonds. The van der Waals surface area contributed by atoms with Crippen molar-refractivity contribution >= 4 is 16.0 Å². The summed E-state index contributed by atoms with van der Waals surface area (Å²) in [7, 11) is -3.71. The monoisotopic (exact) mass is 432 g/mol. The summed E-state index contributed by atoms with van der Waals surface area (Å²) in [5.74, 6) is -0.0659. The molecular formula is C22H28N2O5S. The quantitative estimate of drug-likeness (QED) is 0.768. The van der Waals surface area contributed by atoms with Gasteiger partial charge in [-0.25, -0.2) is 8.42 Å². The summed E-state index contributed by atoms with van der Waals surface area (Å²) in [4.78, 5) is 11.3. The molecule has 0 spiro atoms. The number of sulfonamides is 1. The van der Waals surface area contributed by atoms with Gasteiger partial charge in [0.25, 0.3) is 0 Å². The van der Waals surface area contributed by atoms with Gasteiger partial charge in [-0.1, -0.05) is 36.4 Å². The lowest BCUT2D eigenvalue weighted by Crippen LogP contribution is -2.40. The van der Waals surface area contributed by atoms with Crippen LogP contribution in [0.5, 0.6) is 5.75 Å². The summed E-state index contributed by atoms with van der Waals surface area (Å²) in [6, 6.07) is 13.9. The van der Waals surface area contributed by atoms with Crippen LogP contribution in [0.3, 0.4) is 0 Å². The third-order valence-electron chi connectivity index (χ3n) is 5.43. The van der Waals surface area contributed by atoms with Gasteiger partial charge in [0, 0.05) is 13.1 Å². The number of nitrogens with two attached hydrogens (primary N) is 1. The highest BCUT2D eigenvalue weighted by atomic mass is 32.2.